The molecule has 0 radical (unpaired) electrons. The third-order valence-corrected chi connectivity index (χ3v) is 3.76. The summed E-state index contributed by atoms with van der Waals surface area (Å²) >= 11 is 1.14. The molecule has 17 heavy (non-hydrogen) atoms. The Bertz CT molecular complexity index is 421. The number of hydrogen-bond acceptors (Lipinski definition) is 3. The summed E-state index contributed by atoms with van der Waals surface area (Å²) in [7, 11) is 0. The predicted octanol–water partition coefficient (Wildman–Crippen LogP) is 2.77. The van der Waals surface area contributed by atoms with Crippen molar-refractivity contribution in [2.24, 2.45) is 0 Å². The standard InChI is InChI=1S/C13H16O3S/c1-9-4-6-10(7-5-9)11(14)8-17-13(2,3)12(15)16/h4-7H,8H2,1-3H3,(H,15,16). The van der Waals surface area contributed by atoms with Crippen molar-refractivity contribution in [3.8, 4) is 0 Å². The lowest BCUT2D eigenvalue weighted by atomic mass is 10.1. The lowest BCUT2D eigenvalue weighted by Gasteiger charge is -2.17. The molecular formula is C13H16O3S. The minimum Gasteiger partial charge on any atom is -0.480 e. The van der Waals surface area contributed by atoms with Crippen molar-refractivity contribution >= 4 is 23.5 Å². The molecule has 0 aromatic heterocycles. The molecule has 0 aliphatic heterocycles. The molecule has 1 N–H and O–H groups in total. The van der Waals surface area contributed by atoms with Gasteiger partial charge in [-0.15, -0.1) is 11.8 Å². The van der Waals surface area contributed by atoms with E-state index in [1.165, 1.54) is 0 Å². The molecule has 0 aliphatic rings. The Morgan fingerprint density at radius 3 is 2.24 bits per heavy atom. The number of thioether (sulfide) groups is 1. The SMILES string of the molecule is Cc1ccc(C(=O)CSC(C)(C)C(=O)O)cc1. The summed E-state index contributed by atoms with van der Waals surface area (Å²) in [6.07, 6.45) is 0. The van der Waals surface area contributed by atoms with E-state index in [0.717, 1.165) is 17.3 Å². The molecule has 0 unspecified atom stereocenters. The number of benzene rings is 1. The van der Waals surface area contributed by atoms with Gasteiger partial charge in [-0.1, -0.05) is 29.8 Å². The average molecular weight is 252 g/mol. The van der Waals surface area contributed by atoms with Gasteiger partial charge in [0.1, 0.15) is 4.75 Å². The highest BCUT2D eigenvalue weighted by Gasteiger charge is 2.28. The zero-order chi connectivity index (χ0) is 13.1. The largest absolute Gasteiger partial charge is 0.480 e. The number of aryl methyl sites for hydroxylation is 1. The fraction of sp³-hybridized carbons (Fsp3) is 0.385. The Balaban J connectivity index is 2.62. The third kappa shape index (κ3) is 3.89. The molecule has 0 bridgehead atoms. The number of Topliss-reactive ketones (excluding diaryl/α,β-unsaturated/α-hetero) is 1. The first-order valence-corrected chi connectivity index (χ1v) is 6.29. The van der Waals surface area contributed by atoms with Crippen LogP contribution in [0.25, 0.3) is 0 Å². The minimum atomic E-state index is -0.930. The molecule has 3 nitrogen and oxygen atoms in total. The monoisotopic (exact) mass is 252 g/mol. The summed E-state index contributed by atoms with van der Waals surface area (Å²) in [6.45, 7) is 5.15. The number of carboxylic acids is 1. The summed E-state index contributed by atoms with van der Waals surface area (Å²) in [6, 6.07) is 7.29. The van der Waals surface area contributed by atoms with E-state index >= 15 is 0 Å². The zero-order valence-electron chi connectivity index (χ0n) is 10.2. The highest BCUT2D eigenvalue weighted by molar-refractivity contribution is 8.02. The fourth-order valence-corrected chi connectivity index (χ4v) is 1.91. The molecule has 4 heteroatoms. The average Bonchev–Trinajstić information content (AvgIpc) is 2.27. The van der Waals surface area contributed by atoms with E-state index in [1.807, 2.05) is 19.1 Å². The van der Waals surface area contributed by atoms with E-state index in [4.69, 9.17) is 5.11 Å². The molecule has 0 amide bonds. The second-order valence-corrected chi connectivity index (χ2v) is 5.99. The Labute approximate surface area is 105 Å². The van der Waals surface area contributed by atoms with Crippen LogP contribution in [0.5, 0.6) is 0 Å². The van der Waals surface area contributed by atoms with E-state index in [2.05, 4.69) is 0 Å². The van der Waals surface area contributed by atoms with E-state index in [0.29, 0.717) is 5.56 Å². The number of carbonyl (C=O) groups is 2. The second kappa shape index (κ2) is 5.36. The molecule has 0 atom stereocenters. The highest BCUT2D eigenvalue weighted by atomic mass is 32.2. The first kappa shape index (κ1) is 13.8. The van der Waals surface area contributed by atoms with Gasteiger partial charge in [0.15, 0.2) is 5.78 Å². The number of rotatable bonds is 5. The van der Waals surface area contributed by atoms with Gasteiger partial charge in [-0.25, -0.2) is 0 Å². The number of ketones is 1. The smallest absolute Gasteiger partial charge is 0.319 e. The minimum absolute atomic E-state index is 0.0377. The maximum Gasteiger partial charge on any atom is 0.319 e. The number of hydrogen-bond donors (Lipinski definition) is 1. The van der Waals surface area contributed by atoms with E-state index in [1.54, 1.807) is 26.0 Å². The maximum atomic E-state index is 11.8. The van der Waals surface area contributed by atoms with Crippen molar-refractivity contribution in [1.82, 2.24) is 0 Å². The summed E-state index contributed by atoms with van der Waals surface area (Å²) in [5.74, 6) is -0.758. The van der Waals surface area contributed by atoms with Gasteiger partial charge in [0.05, 0.1) is 5.75 Å². The van der Waals surface area contributed by atoms with Gasteiger partial charge in [0.25, 0.3) is 0 Å². The lowest BCUT2D eigenvalue weighted by molar-refractivity contribution is -0.138. The van der Waals surface area contributed by atoms with Gasteiger partial charge >= 0.3 is 5.97 Å². The first-order chi connectivity index (χ1) is 7.83. The van der Waals surface area contributed by atoms with Gasteiger partial charge in [0.2, 0.25) is 0 Å². The number of carbonyl (C=O) groups excluding carboxylic acids is 1. The normalized spacial score (nSPS) is 11.2. The summed E-state index contributed by atoms with van der Waals surface area (Å²) in [4.78, 5) is 22.7. The molecule has 0 saturated carbocycles. The Morgan fingerprint density at radius 2 is 1.76 bits per heavy atom. The van der Waals surface area contributed by atoms with Crippen molar-refractivity contribution in [2.45, 2.75) is 25.5 Å². The van der Waals surface area contributed by atoms with Crippen LogP contribution in [0.1, 0.15) is 29.8 Å². The molecule has 1 aromatic rings. The van der Waals surface area contributed by atoms with E-state index in [9.17, 15) is 9.59 Å². The van der Waals surface area contributed by atoms with Crippen LogP contribution in [0.2, 0.25) is 0 Å². The third-order valence-electron chi connectivity index (χ3n) is 2.45. The van der Waals surface area contributed by atoms with Gasteiger partial charge < -0.3 is 5.11 Å². The van der Waals surface area contributed by atoms with Crippen molar-refractivity contribution in [3.05, 3.63) is 35.4 Å². The van der Waals surface area contributed by atoms with Crippen LogP contribution < -0.4 is 0 Å². The van der Waals surface area contributed by atoms with Crippen molar-refractivity contribution in [1.29, 1.82) is 0 Å². The van der Waals surface area contributed by atoms with Crippen LogP contribution in [-0.4, -0.2) is 27.4 Å². The predicted molar refractivity (Wildman–Crippen MR) is 69.7 cm³/mol. The van der Waals surface area contributed by atoms with Crippen LogP contribution >= 0.6 is 11.8 Å². The fourth-order valence-electron chi connectivity index (χ4n) is 1.13. The number of carboxylic acid groups (broad SMARTS) is 1. The Kier molecular flexibility index (Phi) is 4.34. The highest BCUT2D eigenvalue weighted by Crippen LogP contribution is 2.25. The van der Waals surface area contributed by atoms with Gasteiger partial charge in [-0.05, 0) is 20.8 Å². The van der Waals surface area contributed by atoms with Crippen LogP contribution in [-0.2, 0) is 4.79 Å². The van der Waals surface area contributed by atoms with Crippen molar-refractivity contribution in [3.63, 3.8) is 0 Å². The molecular weight excluding hydrogens is 236 g/mol. The van der Waals surface area contributed by atoms with E-state index < -0.39 is 10.7 Å². The van der Waals surface area contributed by atoms with Crippen LogP contribution in [0, 0.1) is 6.92 Å². The zero-order valence-corrected chi connectivity index (χ0v) is 11.0. The van der Waals surface area contributed by atoms with Gasteiger partial charge in [0, 0.05) is 5.56 Å². The molecule has 0 saturated heterocycles. The summed E-state index contributed by atoms with van der Waals surface area (Å²) in [5.41, 5.74) is 1.73. The van der Waals surface area contributed by atoms with Crippen LogP contribution in [0.3, 0.4) is 0 Å². The van der Waals surface area contributed by atoms with Gasteiger partial charge in [-0.2, -0.15) is 0 Å². The van der Waals surface area contributed by atoms with Crippen LogP contribution in [0.15, 0.2) is 24.3 Å². The van der Waals surface area contributed by atoms with Gasteiger partial charge in [-0.3, -0.25) is 9.59 Å². The summed E-state index contributed by atoms with van der Waals surface area (Å²) in [5, 5.41) is 8.93. The second-order valence-electron chi connectivity index (χ2n) is 4.39. The molecule has 1 aromatic carbocycles. The maximum absolute atomic E-state index is 11.8. The number of aliphatic carboxylic acids is 1. The lowest BCUT2D eigenvalue weighted by Crippen LogP contribution is -2.28. The molecule has 92 valence electrons. The Morgan fingerprint density at radius 1 is 1.24 bits per heavy atom. The molecule has 0 spiro atoms. The molecule has 0 fully saturated rings. The molecule has 1 rings (SSSR count). The van der Waals surface area contributed by atoms with Crippen molar-refractivity contribution in [2.75, 3.05) is 5.75 Å². The quantitative estimate of drug-likeness (QED) is 0.819. The first-order valence-electron chi connectivity index (χ1n) is 5.30. The summed E-state index contributed by atoms with van der Waals surface area (Å²) < 4.78 is -0.930. The molecule has 0 aliphatic carbocycles. The van der Waals surface area contributed by atoms with Crippen molar-refractivity contribution < 1.29 is 14.7 Å². The Hall–Kier alpha value is -1.29. The van der Waals surface area contributed by atoms with Crippen LogP contribution in [0.4, 0.5) is 0 Å². The molecule has 0 heterocycles. The topological polar surface area (TPSA) is 54.4 Å². The van der Waals surface area contributed by atoms with E-state index in [-0.39, 0.29) is 11.5 Å².